The first-order valence-electron chi connectivity index (χ1n) is 7.00. The van der Waals surface area contributed by atoms with Crippen molar-refractivity contribution in [2.45, 2.75) is 36.6 Å². The average molecular weight is 337 g/mol. The highest BCUT2D eigenvalue weighted by molar-refractivity contribution is 7.89. The first kappa shape index (κ1) is 17.2. The van der Waals surface area contributed by atoms with E-state index in [1.54, 1.807) is 0 Å². The number of halogens is 3. The zero-order chi connectivity index (χ0) is 16.5. The lowest BCUT2D eigenvalue weighted by atomic mass is 9.87. The zero-order valence-electron chi connectivity index (χ0n) is 12.1. The van der Waals surface area contributed by atoms with Gasteiger partial charge in [-0.3, -0.25) is 0 Å². The molecule has 0 atom stereocenters. The largest absolute Gasteiger partial charge is 0.396 e. The lowest BCUT2D eigenvalue weighted by Crippen LogP contribution is -2.39. The molecule has 8 heteroatoms. The van der Waals surface area contributed by atoms with Crippen LogP contribution in [0.2, 0.25) is 0 Å². The van der Waals surface area contributed by atoms with E-state index in [-0.39, 0.29) is 18.6 Å². The molecule has 1 aliphatic rings. The minimum Gasteiger partial charge on any atom is -0.396 e. The number of aliphatic hydroxyl groups excluding tert-OH is 1. The van der Waals surface area contributed by atoms with Gasteiger partial charge in [-0.15, -0.1) is 0 Å². The van der Waals surface area contributed by atoms with Gasteiger partial charge in [0.1, 0.15) is 0 Å². The Kier molecular flexibility index (Phi) is 5.14. The maximum Gasteiger partial charge on any atom is 0.243 e. The van der Waals surface area contributed by atoms with Crippen LogP contribution in [0.5, 0.6) is 0 Å². The number of aliphatic hydroxyl groups is 1. The van der Waals surface area contributed by atoms with E-state index in [9.17, 15) is 21.6 Å². The fourth-order valence-electron chi connectivity index (χ4n) is 2.73. The molecular formula is C14H18F3NO3S. The Morgan fingerprint density at radius 1 is 1.14 bits per heavy atom. The number of hydrogen-bond acceptors (Lipinski definition) is 3. The van der Waals surface area contributed by atoms with Crippen LogP contribution in [-0.2, 0) is 10.0 Å². The molecule has 0 heterocycles. The lowest BCUT2D eigenvalue weighted by Gasteiger charge is -2.33. The highest BCUT2D eigenvalue weighted by Crippen LogP contribution is 2.30. The molecule has 1 aromatic rings. The fraction of sp³-hybridized carbons (Fsp3) is 0.571. The van der Waals surface area contributed by atoms with Gasteiger partial charge in [0, 0.05) is 19.7 Å². The summed E-state index contributed by atoms with van der Waals surface area (Å²) in [4.78, 5) is -0.601. The second-order valence-electron chi connectivity index (χ2n) is 5.58. The third kappa shape index (κ3) is 3.28. The van der Waals surface area contributed by atoms with Gasteiger partial charge in [0.25, 0.3) is 0 Å². The van der Waals surface area contributed by atoms with Crippen molar-refractivity contribution in [3.05, 3.63) is 29.6 Å². The van der Waals surface area contributed by atoms with Gasteiger partial charge in [-0.25, -0.2) is 21.6 Å². The van der Waals surface area contributed by atoms with Crippen molar-refractivity contribution in [2.24, 2.45) is 5.92 Å². The third-order valence-corrected chi connectivity index (χ3v) is 6.11. The van der Waals surface area contributed by atoms with Crippen molar-refractivity contribution in [1.82, 2.24) is 4.31 Å². The van der Waals surface area contributed by atoms with Crippen LogP contribution in [0.15, 0.2) is 17.0 Å². The van der Waals surface area contributed by atoms with Gasteiger partial charge in [0.15, 0.2) is 17.5 Å². The molecule has 0 radical (unpaired) electrons. The summed E-state index contributed by atoms with van der Waals surface area (Å²) in [5.41, 5.74) is 0. The Hall–Kier alpha value is -1.12. The zero-order valence-corrected chi connectivity index (χ0v) is 12.9. The highest BCUT2D eigenvalue weighted by Gasteiger charge is 2.32. The molecule has 0 amide bonds. The second kappa shape index (κ2) is 6.55. The van der Waals surface area contributed by atoms with Crippen molar-refractivity contribution < 1.29 is 26.7 Å². The molecule has 2 rings (SSSR count). The summed E-state index contributed by atoms with van der Waals surface area (Å²) in [6.07, 6.45) is 2.50. The summed E-state index contributed by atoms with van der Waals surface area (Å²) in [6.45, 7) is 0.0670. The molecule has 0 spiro atoms. The predicted octanol–water partition coefficient (Wildman–Crippen LogP) is 2.28. The molecular weight excluding hydrogens is 319 g/mol. The van der Waals surface area contributed by atoms with Crippen molar-refractivity contribution in [1.29, 1.82) is 0 Å². The molecule has 0 saturated heterocycles. The predicted molar refractivity (Wildman–Crippen MR) is 74.1 cm³/mol. The van der Waals surface area contributed by atoms with E-state index in [1.165, 1.54) is 7.05 Å². The smallest absolute Gasteiger partial charge is 0.243 e. The maximum atomic E-state index is 13.2. The van der Waals surface area contributed by atoms with E-state index in [1.807, 2.05) is 0 Å². The number of benzene rings is 1. The molecule has 1 fully saturated rings. The van der Waals surface area contributed by atoms with Crippen LogP contribution in [-0.4, -0.2) is 37.5 Å². The van der Waals surface area contributed by atoms with E-state index < -0.39 is 32.4 Å². The van der Waals surface area contributed by atoms with Gasteiger partial charge < -0.3 is 5.11 Å². The molecule has 1 N–H and O–H groups in total. The van der Waals surface area contributed by atoms with Gasteiger partial charge in [-0.1, -0.05) is 0 Å². The van der Waals surface area contributed by atoms with Crippen molar-refractivity contribution in [2.75, 3.05) is 13.7 Å². The number of rotatable bonds is 4. The van der Waals surface area contributed by atoms with E-state index in [0.29, 0.717) is 37.8 Å². The summed E-state index contributed by atoms with van der Waals surface area (Å²) in [7, 11) is -2.75. The minimum absolute atomic E-state index is 0.0670. The van der Waals surface area contributed by atoms with Crippen molar-refractivity contribution >= 4 is 10.0 Å². The number of nitrogens with zero attached hydrogens (tertiary/aromatic N) is 1. The Balaban J connectivity index is 2.23. The molecule has 4 nitrogen and oxygen atoms in total. The van der Waals surface area contributed by atoms with Gasteiger partial charge in [0.2, 0.25) is 10.0 Å². The molecule has 1 saturated carbocycles. The SMILES string of the molecule is CN(C1CCC(CO)CC1)S(=O)(=O)c1cc(F)c(F)c(F)c1. The lowest BCUT2D eigenvalue weighted by molar-refractivity contribution is 0.159. The summed E-state index contributed by atoms with van der Waals surface area (Å²) in [6, 6.07) is 0.677. The first-order valence-corrected chi connectivity index (χ1v) is 8.44. The Morgan fingerprint density at radius 2 is 1.64 bits per heavy atom. The summed E-state index contributed by atoms with van der Waals surface area (Å²) in [5, 5.41) is 9.09. The Bertz CT molecular complexity index is 620. The van der Waals surface area contributed by atoms with Gasteiger partial charge in [0.05, 0.1) is 4.90 Å². The summed E-state index contributed by atoms with van der Waals surface area (Å²) < 4.78 is 65.4. The van der Waals surface area contributed by atoms with Gasteiger partial charge in [-0.05, 0) is 43.7 Å². The normalized spacial score (nSPS) is 23.0. The molecule has 0 unspecified atom stereocenters. The average Bonchev–Trinajstić information content (AvgIpc) is 2.51. The maximum absolute atomic E-state index is 13.2. The molecule has 0 aromatic heterocycles. The van der Waals surface area contributed by atoms with E-state index in [0.717, 1.165) is 4.31 Å². The Labute approximate surface area is 127 Å². The van der Waals surface area contributed by atoms with Crippen LogP contribution in [0.1, 0.15) is 25.7 Å². The topological polar surface area (TPSA) is 57.6 Å². The highest BCUT2D eigenvalue weighted by atomic mass is 32.2. The molecule has 22 heavy (non-hydrogen) atoms. The molecule has 1 aromatic carbocycles. The van der Waals surface area contributed by atoms with Crippen LogP contribution in [0, 0.1) is 23.4 Å². The number of hydrogen-bond donors (Lipinski definition) is 1. The summed E-state index contributed by atoms with van der Waals surface area (Å²) >= 11 is 0. The van der Waals surface area contributed by atoms with E-state index >= 15 is 0 Å². The minimum atomic E-state index is -4.10. The van der Waals surface area contributed by atoms with Gasteiger partial charge in [-0.2, -0.15) is 4.31 Å². The molecule has 0 bridgehead atoms. The molecule has 124 valence electrons. The van der Waals surface area contributed by atoms with Crippen LogP contribution in [0.4, 0.5) is 13.2 Å². The van der Waals surface area contributed by atoms with Crippen molar-refractivity contribution in [3.63, 3.8) is 0 Å². The molecule has 0 aliphatic heterocycles. The van der Waals surface area contributed by atoms with Crippen LogP contribution in [0.3, 0.4) is 0 Å². The Morgan fingerprint density at radius 3 is 2.09 bits per heavy atom. The summed E-state index contributed by atoms with van der Waals surface area (Å²) in [5.74, 6) is -4.59. The first-order chi connectivity index (χ1) is 10.3. The number of sulfonamides is 1. The van der Waals surface area contributed by atoms with E-state index in [4.69, 9.17) is 5.11 Å². The van der Waals surface area contributed by atoms with Crippen LogP contribution in [0.25, 0.3) is 0 Å². The standard InChI is InChI=1S/C14H18F3NO3S/c1-18(10-4-2-9(8-19)3-5-10)22(20,21)11-6-12(15)14(17)13(16)7-11/h6-7,9-10,19H,2-5,8H2,1H3. The van der Waals surface area contributed by atoms with Gasteiger partial charge >= 0.3 is 0 Å². The van der Waals surface area contributed by atoms with Crippen LogP contribution >= 0.6 is 0 Å². The second-order valence-corrected chi connectivity index (χ2v) is 7.58. The van der Waals surface area contributed by atoms with E-state index in [2.05, 4.69) is 0 Å². The van der Waals surface area contributed by atoms with Crippen LogP contribution < -0.4 is 0 Å². The quantitative estimate of drug-likeness (QED) is 0.858. The monoisotopic (exact) mass is 337 g/mol. The fourth-order valence-corrected chi connectivity index (χ4v) is 4.18. The third-order valence-electron chi connectivity index (χ3n) is 4.22. The van der Waals surface area contributed by atoms with Crippen molar-refractivity contribution in [3.8, 4) is 0 Å². The molecule has 1 aliphatic carbocycles.